The second kappa shape index (κ2) is 9.51. The van der Waals surface area contributed by atoms with Crippen LogP contribution >= 0.6 is 0 Å². The standard InChI is InChI=1S/C21H21F3N2O4/c1-29-18-10-13(6-7-17(18)30-21(23)24)8-9-25-20(28)14-11-19(27)26(12-14)16-5-3-2-4-15(16)22/h2-7,10,14,21H,8-9,11-12H2,1H3,(H,25,28)/t14-/m0/s1. The number of nitrogens with one attached hydrogen (secondary N) is 1. The molecule has 6 nitrogen and oxygen atoms in total. The minimum Gasteiger partial charge on any atom is -0.493 e. The number of benzene rings is 2. The summed E-state index contributed by atoms with van der Waals surface area (Å²) in [7, 11) is 1.34. The van der Waals surface area contributed by atoms with Gasteiger partial charge in [-0.2, -0.15) is 8.78 Å². The van der Waals surface area contributed by atoms with E-state index in [1.54, 1.807) is 18.2 Å². The third kappa shape index (κ3) is 5.03. The van der Waals surface area contributed by atoms with Crippen LogP contribution < -0.4 is 19.7 Å². The van der Waals surface area contributed by atoms with Gasteiger partial charge < -0.3 is 19.7 Å². The summed E-state index contributed by atoms with van der Waals surface area (Å²) in [6.45, 7) is -2.57. The molecule has 0 radical (unpaired) electrons. The number of halogens is 3. The van der Waals surface area contributed by atoms with Gasteiger partial charge in [0, 0.05) is 19.5 Å². The number of carbonyl (C=O) groups is 2. The maximum Gasteiger partial charge on any atom is 0.387 e. The Morgan fingerprint density at radius 1 is 1.23 bits per heavy atom. The number of anilines is 1. The molecule has 0 aliphatic carbocycles. The number of ether oxygens (including phenoxy) is 2. The molecule has 3 rings (SSSR count). The quantitative estimate of drug-likeness (QED) is 0.710. The molecule has 0 aromatic heterocycles. The predicted molar refractivity (Wildman–Crippen MR) is 103 cm³/mol. The van der Waals surface area contributed by atoms with E-state index in [9.17, 15) is 22.8 Å². The minimum absolute atomic E-state index is 0.00759. The van der Waals surface area contributed by atoms with Gasteiger partial charge in [0.25, 0.3) is 0 Å². The number of rotatable bonds is 8. The molecule has 0 saturated carbocycles. The third-order valence-electron chi connectivity index (χ3n) is 4.80. The van der Waals surface area contributed by atoms with E-state index in [4.69, 9.17) is 4.74 Å². The topological polar surface area (TPSA) is 67.9 Å². The molecule has 0 bridgehead atoms. The number of methoxy groups -OCH3 is 1. The molecule has 160 valence electrons. The zero-order valence-corrected chi connectivity index (χ0v) is 16.2. The predicted octanol–water partition coefficient (Wildman–Crippen LogP) is 3.15. The highest BCUT2D eigenvalue weighted by atomic mass is 19.3. The first-order chi connectivity index (χ1) is 14.4. The summed E-state index contributed by atoms with van der Waals surface area (Å²) < 4.78 is 48.1. The number of amides is 2. The highest BCUT2D eigenvalue weighted by Gasteiger charge is 2.35. The highest BCUT2D eigenvalue weighted by molar-refractivity contribution is 6.00. The Kier molecular flexibility index (Phi) is 6.81. The Labute approximate surface area is 171 Å². The molecular weight excluding hydrogens is 401 g/mol. The van der Waals surface area contributed by atoms with Crippen molar-refractivity contribution in [3.05, 3.63) is 53.8 Å². The van der Waals surface area contributed by atoms with Gasteiger partial charge in [0.15, 0.2) is 11.5 Å². The van der Waals surface area contributed by atoms with Crippen LogP contribution in [0.15, 0.2) is 42.5 Å². The second-order valence-corrected chi connectivity index (χ2v) is 6.76. The molecule has 1 saturated heterocycles. The number of carbonyl (C=O) groups excluding carboxylic acids is 2. The van der Waals surface area contributed by atoms with Crippen molar-refractivity contribution < 1.29 is 32.2 Å². The number of alkyl halides is 2. The van der Waals surface area contributed by atoms with Gasteiger partial charge in [-0.15, -0.1) is 0 Å². The second-order valence-electron chi connectivity index (χ2n) is 6.76. The first-order valence-corrected chi connectivity index (χ1v) is 9.33. The van der Waals surface area contributed by atoms with Gasteiger partial charge in [-0.3, -0.25) is 9.59 Å². The van der Waals surface area contributed by atoms with Crippen LogP contribution in [0.4, 0.5) is 18.9 Å². The van der Waals surface area contributed by atoms with E-state index in [0.29, 0.717) is 6.42 Å². The number of hydrogen-bond acceptors (Lipinski definition) is 4. The lowest BCUT2D eigenvalue weighted by molar-refractivity contribution is -0.126. The first kappa shape index (κ1) is 21.5. The summed E-state index contributed by atoms with van der Waals surface area (Å²) in [5.74, 6) is -1.60. The van der Waals surface area contributed by atoms with E-state index in [0.717, 1.165) is 5.56 Å². The molecule has 1 N–H and O–H groups in total. The van der Waals surface area contributed by atoms with Crippen LogP contribution in [-0.4, -0.2) is 38.6 Å². The third-order valence-corrected chi connectivity index (χ3v) is 4.80. The van der Waals surface area contributed by atoms with Gasteiger partial charge in [0.1, 0.15) is 5.82 Å². The van der Waals surface area contributed by atoms with Crippen LogP contribution in [0.2, 0.25) is 0 Å². The summed E-state index contributed by atoms with van der Waals surface area (Å²) in [5.41, 5.74) is 0.917. The van der Waals surface area contributed by atoms with Crippen LogP contribution in [0.5, 0.6) is 11.5 Å². The smallest absolute Gasteiger partial charge is 0.387 e. The molecule has 1 fully saturated rings. The van der Waals surface area contributed by atoms with E-state index in [2.05, 4.69) is 10.1 Å². The van der Waals surface area contributed by atoms with Crippen molar-refractivity contribution in [1.82, 2.24) is 5.32 Å². The fourth-order valence-corrected chi connectivity index (χ4v) is 3.32. The van der Waals surface area contributed by atoms with Crippen LogP contribution in [0.1, 0.15) is 12.0 Å². The number of nitrogens with zero attached hydrogens (tertiary/aromatic N) is 1. The fraction of sp³-hybridized carbons (Fsp3) is 0.333. The van der Waals surface area contributed by atoms with Crippen molar-refractivity contribution in [2.24, 2.45) is 5.92 Å². The average Bonchev–Trinajstić information content (AvgIpc) is 3.10. The van der Waals surface area contributed by atoms with Gasteiger partial charge in [0.2, 0.25) is 11.8 Å². The molecule has 1 atom stereocenters. The summed E-state index contributed by atoms with van der Waals surface area (Å²) in [6.07, 6.45) is 0.433. The maximum atomic E-state index is 13.9. The average molecular weight is 422 g/mol. The molecule has 2 amide bonds. The van der Waals surface area contributed by atoms with E-state index < -0.39 is 18.3 Å². The van der Waals surface area contributed by atoms with Gasteiger partial charge in [0.05, 0.1) is 18.7 Å². The summed E-state index contributed by atoms with van der Waals surface area (Å²) in [6, 6.07) is 10.5. The monoisotopic (exact) mass is 422 g/mol. The molecule has 1 heterocycles. The zero-order chi connectivity index (χ0) is 21.7. The van der Waals surface area contributed by atoms with Crippen molar-refractivity contribution in [1.29, 1.82) is 0 Å². The van der Waals surface area contributed by atoms with E-state index in [1.807, 2.05) is 0 Å². The van der Waals surface area contributed by atoms with E-state index in [-0.39, 0.29) is 48.5 Å². The van der Waals surface area contributed by atoms with Crippen molar-refractivity contribution >= 4 is 17.5 Å². The van der Waals surface area contributed by atoms with Crippen molar-refractivity contribution in [2.75, 3.05) is 25.1 Å². The molecular formula is C21H21F3N2O4. The maximum absolute atomic E-state index is 13.9. The molecule has 2 aromatic carbocycles. The van der Waals surface area contributed by atoms with Crippen LogP contribution in [-0.2, 0) is 16.0 Å². The van der Waals surface area contributed by atoms with E-state index >= 15 is 0 Å². The molecule has 2 aromatic rings. The van der Waals surface area contributed by atoms with Crippen LogP contribution in [0.3, 0.4) is 0 Å². The lowest BCUT2D eigenvalue weighted by Crippen LogP contribution is -2.34. The Bertz CT molecular complexity index is 923. The minimum atomic E-state index is -2.96. The van der Waals surface area contributed by atoms with Gasteiger partial charge >= 0.3 is 6.61 Å². The summed E-state index contributed by atoms with van der Waals surface area (Å²) in [5, 5.41) is 2.76. The zero-order valence-electron chi connectivity index (χ0n) is 16.2. The van der Waals surface area contributed by atoms with Gasteiger partial charge in [-0.05, 0) is 36.2 Å². The lowest BCUT2D eigenvalue weighted by Gasteiger charge is -2.17. The Morgan fingerprint density at radius 3 is 2.70 bits per heavy atom. The lowest BCUT2D eigenvalue weighted by atomic mass is 10.1. The van der Waals surface area contributed by atoms with E-state index in [1.165, 1.54) is 36.3 Å². The molecule has 1 aliphatic rings. The summed E-state index contributed by atoms with van der Waals surface area (Å²) >= 11 is 0. The molecule has 1 aliphatic heterocycles. The Balaban J connectivity index is 1.54. The van der Waals surface area contributed by atoms with Crippen molar-refractivity contribution in [3.8, 4) is 11.5 Å². The number of para-hydroxylation sites is 1. The normalized spacial score (nSPS) is 16.1. The van der Waals surface area contributed by atoms with Gasteiger partial charge in [-0.1, -0.05) is 18.2 Å². The Morgan fingerprint density at radius 2 is 2.00 bits per heavy atom. The SMILES string of the molecule is COc1cc(CCNC(=O)[C@H]2CC(=O)N(c3ccccc3F)C2)ccc1OC(F)F. The number of hydrogen-bond donors (Lipinski definition) is 1. The van der Waals surface area contributed by atoms with Gasteiger partial charge in [-0.25, -0.2) is 4.39 Å². The molecule has 0 spiro atoms. The Hall–Kier alpha value is -3.23. The van der Waals surface area contributed by atoms with Crippen molar-refractivity contribution in [3.63, 3.8) is 0 Å². The molecule has 30 heavy (non-hydrogen) atoms. The highest BCUT2D eigenvalue weighted by Crippen LogP contribution is 2.30. The van der Waals surface area contributed by atoms with Crippen LogP contribution in [0, 0.1) is 11.7 Å². The summed E-state index contributed by atoms with van der Waals surface area (Å²) in [4.78, 5) is 25.9. The van der Waals surface area contributed by atoms with Crippen molar-refractivity contribution in [2.45, 2.75) is 19.5 Å². The fourth-order valence-electron chi connectivity index (χ4n) is 3.32. The first-order valence-electron chi connectivity index (χ1n) is 9.33. The van der Waals surface area contributed by atoms with Crippen LogP contribution in [0.25, 0.3) is 0 Å². The largest absolute Gasteiger partial charge is 0.493 e. The molecule has 0 unspecified atom stereocenters. The molecule has 9 heteroatoms.